The molecule has 0 saturated carbocycles. The van der Waals surface area contributed by atoms with Crippen molar-refractivity contribution < 1.29 is 19.8 Å². The molecule has 0 amide bonds. The second-order valence-corrected chi connectivity index (χ2v) is 11.6. The van der Waals surface area contributed by atoms with Gasteiger partial charge in [-0.1, -0.05) is 115 Å². The number of benzene rings is 5. The Morgan fingerprint density at radius 2 is 0.729 bits per heavy atom. The molecule has 0 saturated heterocycles. The average Bonchev–Trinajstić information content (AvgIpc) is 3.07. The molecule has 0 aliphatic heterocycles. The Morgan fingerprint density at radius 3 is 1.02 bits per heavy atom. The molecular weight excluding hydrogens is 594 g/mol. The van der Waals surface area contributed by atoms with Crippen LogP contribution in [0, 0.1) is 20.8 Å². The highest BCUT2D eigenvalue weighted by atomic mass is 16.4. The van der Waals surface area contributed by atoms with E-state index in [9.17, 15) is 9.59 Å². The van der Waals surface area contributed by atoms with Gasteiger partial charge >= 0.3 is 11.9 Å². The first-order valence-electron chi connectivity index (χ1n) is 15.6. The number of aliphatic carboxylic acids is 2. The molecule has 0 spiro atoms. The van der Waals surface area contributed by atoms with Crippen LogP contribution < -0.4 is 4.90 Å². The number of nitrogens with zero attached hydrogens (tertiary/aromatic N) is 1. The third kappa shape index (κ3) is 8.95. The van der Waals surface area contributed by atoms with E-state index >= 15 is 0 Å². The first-order valence-corrected chi connectivity index (χ1v) is 15.6. The van der Waals surface area contributed by atoms with E-state index in [0.29, 0.717) is 0 Å². The van der Waals surface area contributed by atoms with Crippen LogP contribution in [0.2, 0.25) is 0 Å². The molecule has 0 aromatic heterocycles. The summed E-state index contributed by atoms with van der Waals surface area (Å²) in [4.78, 5) is 23.9. The Balaban J connectivity index is 1.38. The Kier molecular flexibility index (Phi) is 10.6. The zero-order valence-electron chi connectivity index (χ0n) is 27.2. The van der Waals surface area contributed by atoms with Gasteiger partial charge in [-0.3, -0.25) is 0 Å². The predicted octanol–water partition coefficient (Wildman–Crippen LogP) is 10.6. The van der Waals surface area contributed by atoms with Crippen LogP contribution in [-0.4, -0.2) is 22.2 Å². The molecule has 0 aliphatic rings. The maximum absolute atomic E-state index is 10.8. The van der Waals surface area contributed by atoms with Crippen molar-refractivity contribution >= 4 is 65.5 Å². The fourth-order valence-electron chi connectivity index (χ4n) is 5.56. The quantitative estimate of drug-likeness (QED) is 0.112. The lowest BCUT2D eigenvalue weighted by atomic mass is 10.0. The van der Waals surface area contributed by atoms with Crippen LogP contribution in [0.25, 0.3) is 36.5 Å². The summed E-state index contributed by atoms with van der Waals surface area (Å²) in [5, 5.41) is 17.7. The normalized spacial score (nSPS) is 11.6. The summed E-state index contributed by atoms with van der Waals surface area (Å²) in [7, 11) is 0. The lowest BCUT2D eigenvalue weighted by molar-refractivity contribution is -0.132. The van der Waals surface area contributed by atoms with Gasteiger partial charge in [-0.2, -0.15) is 0 Å². The molecule has 0 fully saturated rings. The number of rotatable bonds is 11. The SMILES string of the molecule is Cc1cc(C)c(N(c2ccc(/C=C/c3ccc(/C=C/C(=O)O)cc3)cc2)c2ccc(/C=C/c3ccc(/C=C/C(=O)O)cc3)cc2)c(C)c1. The summed E-state index contributed by atoms with van der Waals surface area (Å²) >= 11 is 0. The number of aryl methyl sites for hydroxylation is 3. The highest BCUT2D eigenvalue weighted by Gasteiger charge is 2.17. The maximum Gasteiger partial charge on any atom is 0.328 e. The fourth-order valence-corrected chi connectivity index (χ4v) is 5.56. The molecule has 0 bridgehead atoms. The summed E-state index contributed by atoms with van der Waals surface area (Å²) in [6, 6.07) is 36.9. The molecule has 0 unspecified atom stereocenters. The molecule has 5 aromatic rings. The van der Waals surface area contributed by atoms with Crippen LogP contribution in [0.1, 0.15) is 50.1 Å². The van der Waals surface area contributed by atoms with Gasteiger partial charge in [0.1, 0.15) is 0 Å². The fraction of sp³-hybridized carbons (Fsp3) is 0.0698. The number of carbonyl (C=O) groups is 2. The monoisotopic (exact) mass is 631 g/mol. The zero-order valence-corrected chi connectivity index (χ0v) is 27.2. The van der Waals surface area contributed by atoms with Crippen molar-refractivity contribution in [3.63, 3.8) is 0 Å². The lowest BCUT2D eigenvalue weighted by Gasteiger charge is -2.29. The first kappa shape index (κ1) is 33.2. The molecule has 0 heterocycles. The number of anilines is 3. The Morgan fingerprint density at radius 1 is 0.458 bits per heavy atom. The van der Waals surface area contributed by atoms with Crippen molar-refractivity contribution in [1.82, 2.24) is 0 Å². The van der Waals surface area contributed by atoms with Crippen molar-refractivity contribution in [2.75, 3.05) is 4.90 Å². The Hall–Kier alpha value is -6.20. The number of carboxylic acid groups (broad SMARTS) is 2. The predicted molar refractivity (Wildman–Crippen MR) is 199 cm³/mol. The van der Waals surface area contributed by atoms with Gasteiger partial charge in [-0.15, -0.1) is 0 Å². The Labute approximate surface area is 281 Å². The summed E-state index contributed by atoms with van der Waals surface area (Å²) in [6.45, 7) is 6.43. The number of hydrogen-bond acceptors (Lipinski definition) is 3. The van der Waals surface area contributed by atoms with E-state index in [1.165, 1.54) is 16.7 Å². The third-order valence-electron chi connectivity index (χ3n) is 7.81. The summed E-state index contributed by atoms with van der Waals surface area (Å²) in [5.74, 6) is -1.93. The maximum atomic E-state index is 10.8. The molecular formula is C43H37NO4. The van der Waals surface area contributed by atoms with Gasteiger partial charge in [0.15, 0.2) is 0 Å². The zero-order chi connectivity index (χ0) is 34.0. The summed E-state index contributed by atoms with van der Waals surface area (Å²) in [5.41, 5.74) is 12.7. The average molecular weight is 632 g/mol. The standard InChI is InChI=1S/C43H37NO4/c1-30-28-31(2)43(32(3)29-30)44(39-22-16-37(17-23-39)14-8-33-4-10-35(11-5-33)20-26-41(45)46)40-24-18-38(19-25-40)15-9-34-6-12-36(13-7-34)21-27-42(47)48/h4-29H,1-3H3,(H,45,46)(H,47,48)/b14-8+,15-9+,26-20+,27-21+. The minimum absolute atomic E-state index is 0.837. The van der Waals surface area contributed by atoms with Gasteiger partial charge < -0.3 is 15.1 Å². The third-order valence-corrected chi connectivity index (χ3v) is 7.81. The molecule has 5 nitrogen and oxygen atoms in total. The van der Waals surface area contributed by atoms with Crippen molar-refractivity contribution in [3.05, 3.63) is 171 Å². The molecule has 5 aromatic carbocycles. The van der Waals surface area contributed by atoms with E-state index in [1.807, 2.05) is 60.7 Å². The smallest absolute Gasteiger partial charge is 0.328 e. The minimum atomic E-state index is -0.965. The van der Waals surface area contributed by atoms with Crippen LogP contribution in [0.4, 0.5) is 17.1 Å². The minimum Gasteiger partial charge on any atom is -0.478 e. The van der Waals surface area contributed by atoms with Crippen LogP contribution >= 0.6 is 0 Å². The van der Waals surface area contributed by atoms with Crippen LogP contribution in [-0.2, 0) is 9.59 Å². The molecule has 48 heavy (non-hydrogen) atoms. The molecule has 0 radical (unpaired) electrons. The van der Waals surface area contributed by atoms with Crippen molar-refractivity contribution in [3.8, 4) is 0 Å². The van der Waals surface area contributed by atoms with E-state index in [0.717, 1.165) is 62.6 Å². The topological polar surface area (TPSA) is 77.8 Å². The molecule has 0 atom stereocenters. The molecule has 0 aliphatic carbocycles. The van der Waals surface area contributed by atoms with Crippen LogP contribution in [0.3, 0.4) is 0 Å². The van der Waals surface area contributed by atoms with Crippen molar-refractivity contribution in [1.29, 1.82) is 0 Å². The second kappa shape index (κ2) is 15.4. The largest absolute Gasteiger partial charge is 0.478 e. The van der Waals surface area contributed by atoms with Gasteiger partial charge in [0, 0.05) is 23.5 Å². The lowest BCUT2D eigenvalue weighted by Crippen LogP contribution is -2.13. The van der Waals surface area contributed by atoms with E-state index in [1.54, 1.807) is 12.2 Å². The van der Waals surface area contributed by atoms with E-state index in [4.69, 9.17) is 10.2 Å². The first-order chi connectivity index (χ1) is 23.1. The molecule has 5 rings (SSSR count). The van der Waals surface area contributed by atoms with Crippen molar-refractivity contribution in [2.24, 2.45) is 0 Å². The summed E-state index contributed by atoms with van der Waals surface area (Å²) in [6.07, 6.45) is 13.7. The number of carboxylic acids is 2. The van der Waals surface area contributed by atoms with Gasteiger partial charge in [0.2, 0.25) is 0 Å². The molecule has 2 N–H and O–H groups in total. The Bertz CT molecular complexity index is 1870. The highest BCUT2D eigenvalue weighted by Crippen LogP contribution is 2.39. The summed E-state index contributed by atoms with van der Waals surface area (Å²) < 4.78 is 0. The van der Waals surface area contributed by atoms with Crippen LogP contribution in [0.5, 0.6) is 0 Å². The van der Waals surface area contributed by atoms with Gasteiger partial charge in [0.05, 0.1) is 5.69 Å². The second-order valence-electron chi connectivity index (χ2n) is 11.6. The van der Waals surface area contributed by atoms with E-state index < -0.39 is 11.9 Å². The van der Waals surface area contributed by atoms with Crippen molar-refractivity contribution in [2.45, 2.75) is 20.8 Å². The van der Waals surface area contributed by atoms with E-state index in [2.05, 4.69) is 98.5 Å². The van der Waals surface area contributed by atoms with Gasteiger partial charge in [0.25, 0.3) is 0 Å². The van der Waals surface area contributed by atoms with Crippen LogP contribution in [0.15, 0.2) is 121 Å². The van der Waals surface area contributed by atoms with Gasteiger partial charge in [-0.05, 0) is 102 Å². The number of hydrogen-bond donors (Lipinski definition) is 2. The van der Waals surface area contributed by atoms with E-state index in [-0.39, 0.29) is 0 Å². The molecule has 5 heteroatoms. The highest BCUT2D eigenvalue weighted by molar-refractivity contribution is 5.86. The van der Waals surface area contributed by atoms with Gasteiger partial charge in [-0.25, -0.2) is 9.59 Å². The molecule has 238 valence electrons.